The highest BCUT2D eigenvalue weighted by molar-refractivity contribution is 6.35. The van der Waals surface area contributed by atoms with Gasteiger partial charge in [0.2, 0.25) is 11.8 Å². The first kappa shape index (κ1) is 20.2. The van der Waals surface area contributed by atoms with Crippen LogP contribution in [0.3, 0.4) is 0 Å². The first-order valence-electron chi connectivity index (χ1n) is 10.0. The van der Waals surface area contributed by atoms with Gasteiger partial charge in [0.1, 0.15) is 5.82 Å². The summed E-state index contributed by atoms with van der Waals surface area (Å²) in [5.74, 6) is 0.770. The zero-order valence-corrected chi connectivity index (χ0v) is 17.5. The predicted molar refractivity (Wildman–Crippen MR) is 115 cm³/mol. The monoisotopic (exact) mass is 431 g/mol. The number of halogens is 2. The smallest absolute Gasteiger partial charge is 0.228 e. The van der Waals surface area contributed by atoms with Gasteiger partial charge in [-0.1, -0.05) is 23.2 Å². The Balaban J connectivity index is 1.33. The highest BCUT2D eigenvalue weighted by Gasteiger charge is 2.33. The molecule has 1 saturated carbocycles. The Kier molecular flexibility index (Phi) is 6.07. The van der Waals surface area contributed by atoms with Crippen molar-refractivity contribution in [3.8, 4) is 11.1 Å². The van der Waals surface area contributed by atoms with Crippen molar-refractivity contribution in [1.29, 1.82) is 0 Å². The maximum Gasteiger partial charge on any atom is 0.228 e. The second kappa shape index (κ2) is 8.72. The van der Waals surface area contributed by atoms with Crippen LogP contribution in [0, 0.1) is 5.92 Å². The molecule has 2 fully saturated rings. The number of nitrogens with one attached hydrogen (secondary N) is 1. The Morgan fingerprint density at radius 3 is 2.34 bits per heavy atom. The Labute approximate surface area is 180 Å². The number of carbonyl (C=O) groups is 2. The fourth-order valence-electron chi connectivity index (χ4n) is 4.29. The van der Waals surface area contributed by atoms with Crippen LogP contribution < -0.4 is 5.32 Å². The molecule has 2 heterocycles. The molecule has 29 heavy (non-hydrogen) atoms. The van der Waals surface area contributed by atoms with E-state index in [2.05, 4.69) is 10.3 Å². The fraction of sp³-hybridized carbons (Fsp3) is 0.409. The highest BCUT2D eigenvalue weighted by atomic mass is 35.5. The zero-order chi connectivity index (χ0) is 20.4. The molecule has 5 nitrogen and oxygen atoms in total. The van der Waals surface area contributed by atoms with Gasteiger partial charge in [-0.3, -0.25) is 9.59 Å². The summed E-state index contributed by atoms with van der Waals surface area (Å²) in [6.45, 7) is 0.870. The zero-order valence-electron chi connectivity index (χ0n) is 16.0. The van der Waals surface area contributed by atoms with E-state index in [-0.39, 0.29) is 17.7 Å². The molecular formula is C22H23Cl2N3O2. The van der Waals surface area contributed by atoms with E-state index in [1.54, 1.807) is 18.3 Å². The molecule has 2 aromatic rings. The first-order chi connectivity index (χ1) is 14.0. The Bertz CT molecular complexity index is 889. The summed E-state index contributed by atoms with van der Waals surface area (Å²) < 4.78 is 0. The molecular weight excluding hydrogens is 409 g/mol. The fourth-order valence-corrected chi connectivity index (χ4v) is 4.82. The Morgan fingerprint density at radius 2 is 1.76 bits per heavy atom. The number of carbonyl (C=O) groups excluding carboxylic acids is 2. The molecule has 152 valence electrons. The van der Waals surface area contributed by atoms with E-state index in [4.69, 9.17) is 23.2 Å². The molecule has 1 aliphatic carbocycles. The molecule has 1 saturated heterocycles. The number of amides is 2. The topological polar surface area (TPSA) is 62.3 Å². The van der Waals surface area contributed by atoms with Crippen molar-refractivity contribution in [3.05, 3.63) is 46.6 Å². The number of benzene rings is 1. The lowest BCUT2D eigenvalue weighted by Crippen LogP contribution is -2.40. The first-order valence-corrected chi connectivity index (χ1v) is 10.8. The number of likely N-dealkylation sites (tertiary alicyclic amines) is 1. The average Bonchev–Trinajstić information content (AvgIpc) is 3.14. The van der Waals surface area contributed by atoms with E-state index in [1.165, 1.54) is 0 Å². The number of nitrogens with zero attached hydrogens (tertiary/aromatic N) is 2. The van der Waals surface area contributed by atoms with Gasteiger partial charge in [-0.25, -0.2) is 4.98 Å². The van der Waals surface area contributed by atoms with Crippen molar-refractivity contribution < 1.29 is 9.59 Å². The molecule has 7 heteroatoms. The number of hydrogen-bond donors (Lipinski definition) is 1. The van der Waals surface area contributed by atoms with E-state index in [0.29, 0.717) is 28.3 Å². The normalized spacial score (nSPS) is 22.0. The molecule has 1 aliphatic heterocycles. The van der Waals surface area contributed by atoms with Crippen LogP contribution in [0.1, 0.15) is 38.5 Å². The summed E-state index contributed by atoms with van der Waals surface area (Å²) in [6.07, 6.45) is 6.73. The van der Waals surface area contributed by atoms with Crippen LogP contribution in [0.4, 0.5) is 5.82 Å². The third kappa shape index (κ3) is 4.73. The predicted octanol–water partition coefficient (Wildman–Crippen LogP) is 5.18. The third-order valence-corrected chi connectivity index (χ3v) is 6.27. The lowest BCUT2D eigenvalue weighted by molar-refractivity contribution is -0.130. The van der Waals surface area contributed by atoms with Crippen molar-refractivity contribution in [2.75, 3.05) is 11.9 Å². The molecule has 2 aliphatic rings. The average molecular weight is 432 g/mol. The van der Waals surface area contributed by atoms with Crippen LogP contribution in [0.15, 0.2) is 36.5 Å². The summed E-state index contributed by atoms with van der Waals surface area (Å²) in [6, 6.07) is 9.31. The minimum absolute atomic E-state index is 0.00208. The standard InChI is InChI=1S/C22H23Cl2N3O2/c23-17-10-16(11-18(24)12-17)15-5-8-20(25-13-15)26-22(29)14-3-6-19(7-4-14)27-9-1-2-21(27)28/h5,8,10-14,19H,1-4,6-7,9H2,(H,25,26,29)/t14-,19+. The van der Waals surface area contributed by atoms with Crippen LogP contribution in [0.2, 0.25) is 10.0 Å². The van der Waals surface area contributed by atoms with Gasteiger partial charge < -0.3 is 10.2 Å². The van der Waals surface area contributed by atoms with Crippen LogP contribution in [-0.2, 0) is 9.59 Å². The lowest BCUT2D eigenvalue weighted by Gasteiger charge is -2.34. The maximum atomic E-state index is 12.6. The summed E-state index contributed by atoms with van der Waals surface area (Å²) in [4.78, 5) is 30.9. The molecule has 0 spiro atoms. The second-order valence-corrected chi connectivity index (χ2v) is 8.65. The highest BCUT2D eigenvalue weighted by Crippen LogP contribution is 2.31. The molecule has 1 aromatic carbocycles. The van der Waals surface area contributed by atoms with E-state index < -0.39 is 0 Å². The minimum atomic E-state index is -0.0304. The van der Waals surface area contributed by atoms with Crippen LogP contribution >= 0.6 is 23.2 Å². The van der Waals surface area contributed by atoms with Crippen molar-refractivity contribution >= 4 is 40.8 Å². The minimum Gasteiger partial charge on any atom is -0.340 e. The van der Waals surface area contributed by atoms with Gasteiger partial charge in [-0.05, 0) is 68.0 Å². The number of aromatic nitrogens is 1. The molecule has 4 rings (SSSR count). The van der Waals surface area contributed by atoms with E-state index >= 15 is 0 Å². The number of anilines is 1. The summed E-state index contributed by atoms with van der Waals surface area (Å²) in [5.41, 5.74) is 1.76. The number of rotatable bonds is 4. The van der Waals surface area contributed by atoms with E-state index in [1.807, 2.05) is 23.1 Å². The van der Waals surface area contributed by atoms with Gasteiger partial charge in [-0.2, -0.15) is 0 Å². The van der Waals surface area contributed by atoms with Gasteiger partial charge >= 0.3 is 0 Å². The quantitative estimate of drug-likeness (QED) is 0.725. The molecule has 0 bridgehead atoms. The molecule has 0 unspecified atom stereocenters. The molecule has 0 atom stereocenters. The number of hydrogen-bond acceptors (Lipinski definition) is 3. The van der Waals surface area contributed by atoms with Crippen LogP contribution in [0.25, 0.3) is 11.1 Å². The second-order valence-electron chi connectivity index (χ2n) is 7.78. The molecule has 0 radical (unpaired) electrons. The van der Waals surface area contributed by atoms with Crippen LogP contribution in [-0.4, -0.2) is 34.3 Å². The molecule has 1 aromatic heterocycles. The van der Waals surface area contributed by atoms with Gasteiger partial charge in [0.15, 0.2) is 0 Å². The summed E-state index contributed by atoms with van der Waals surface area (Å²) >= 11 is 12.1. The Hall–Kier alpha value is -2.11. The van der Waals surface area contributed by atoms with Gasteiger partial charge in [0, 0.05) is 46.7 Å². The Morgan fingerprint density at radius 1 is 1.03 bits per heavy atom. The van der Waals surface area contributed by atoms with Crippen molar-refractivity contribution in [2.45, 2.75) is 44.6 Å². The van der Waals surface area contributed by atoms with Gasteiger partial charge in [0.05, 0.1) is 0 Å². The summed E-state index contributed by atoms with van der Waals surface area (Å²) in [7, 11) is 0. The third-order valence-electron chi connectivity index (χ3n) is 5.83. The molecule has 2 amide bonds. The van der Waals surface area contributed by atoms with Crippen molar-refractivity contribution in [2.24, 2.45) is 5.92 Å². The number of pyridine rings is 1. The van der Waals surface area contributed by atoms with Crippen LogP contribution in [0.5, 0.6) is 0 Å². The van der Waals surface area contributed by atoms with Crippen molar-refractivity contribution in [1.82, 2.24) is 9.88 Å². The van der Waals surface area contributed by atoms with E-state index in [0.717, 1.165) is 49.8 Å². The van der Waals surface area contributed by atoms with E-state index in [9.17, 15) is 9.59 Å². The molecule has 1 N–H and O–H groups in total. The van der Waals surface area contributed by atoms with Gasteiger partial charge in [0.25, 0.3) is 0 Å². The largest absolute Gasteiger partial charge is 0.340 e. The SMILES string of the molecule is O=C1CCCN1[C@H]1CC[C@@H](C(=O)Nc2ccc(-c3cc(Cl)cc(Cl)c3)cn2)CC1. The van der Waals surface area contributed by atoms with Crippen molar-refractivity contribution in [3.63, 3.8) is 0 Å². The van der Waals surface area contributed by atoms with Gasteiger partial charge in [-0.15, -0.1) is 0 Å². The summed E-state index contributed by atoms with van der Waals surface area (Å²) in [5, 5.41) is 4.06. The maximum absolute atomic E-state index is 12.6. The lowest BCUT2D eigenvalue weighted by atomic mass is 9.85.